The summed E-state index contributed by atoms with van der Waals surface area (Å²) in [5.41, 5.74) is 6.75. The van der Waals surface area contributed by atoms with Crippen LogP contribution >= 0.6 is 0 Å². The molecule has 0 saturated heterocycles. The van der Waals surface area contributed by atoms with Gasteiger partial charge in [0.1, 0.15) is 11.6 Å². The third kappa shape index (κ3) is 4.75. The van der Waals surface area contributed by atoms with E-state index in [1.165, 1.54) is 18.0 Å². The van der Waals surface area contributed by atoms with Crippen LogP contribution in [0.5, 0.6) is 0 Å². The molecule has 110 valence electrons. The standard InChI is InChI=1S/C15H18N4O2/c1-11-5-3-4-6-14(11)18-15(21)13(9-17)10-19(8-7-16)12(2)20/h3-6,10H,7-8,16H2,1-2H3,(H,18,21)/b13-10-. The first-order valence-corrected chi connectivity index (χ1v) is 6.45. The van der Waals surface area contributed by atoms with Crippen molar-refractivity contribution in [3.63, 3.8) is 0 Å². The molecule has 1 aromatic carbocycles. The molecule has 0 fully saturated rings. The average Bonchev–Trinajstić information content (AvgIpc) is 2.45. The van der Waals surface area contributed by atoms with E-state index in [-0.39, 0.29) is 24.6 Å². The summed E-state index contributed by atoms with van der Waals surface area (Å²) in [4.78, 5) is 24.7. The molecule has 0 radical (unpaired) electrons. The summed E-state index contributed by atoms with van der Waals surface area (Å²) in [6.07, 6.45) is 1.23. The van der Waals surface area contributed by atoms with Crippen LogP contribution in [0.1, 0.15) is 12.5 Å². The Hall–Kier alpha value is -2.65. The number of para-hydroxylation sites is 1. The Morgan fingerprint density at radius 2 is 2.10 bits per heavy atom. The number of nitrogens with two attached hydrogens (primary N) is 1. The number of nitrogens with zero attached hydrogens (tertiary/aromatic N) is 2. The number of carbonyl (C=O) groups excluding carboxylic acids is 2. The molecule has 1 rings (SSSR count). The lowest BCUT2D eigenvalue weighted by Gasteiger charge is -2.15. The van der Waals surface area contributed by atoms with E-state index in [9.17, 15) is 9.59 Å². The second-order valence-electron chi connectivity index (χ2n) is 4.42. The zero-order valence-electron chi connectivity index (χ0n) is 12.1. The zero-order valence-corrected chi connectivity index (χ0v) is 12.1. The van der Waals surface area contributed by atoms with Gasteiger partial charge in [-0.05, 0) is 18.6 Å². The highest BCUT2D eigenvalue weighted by atomic mass is 16.2. The van der Waals surface area contributed by atoms with Gasteiger partial charge in [-0.2, -0.15) is 5.26 Å². The lowest BCUT2D eigenvalue weighted by Crippen LogP contribution is -2.30. The predicted octanol–water partition coefficient (Wildman–Crippen LogP) is 1.15. The molecule has 1 aromatic rings. The molecule has 0 aromatic heterocycles. The number of anilines is 1. The van der Waals surface area contributed by atoms with Crippen LogP contribution in [0.4, 0.5) is 5.69 Å². The summed E-state index contributed by atoms with van der Waals surface area (Å²) >= 11 is 0. The van der Waals surface area contributed by atoms with Gasteiger partial charge in [-0.15, -0.1) is 0 Å². The van der Waals surface area contributed by atoms with E-state index in [2.05, 4.69) is 5.32 Å². The fraction of sp³-hybridized carbons (Fsp3) is 0.267. The van der Waals surface area contributed by atoms with Crippen LogP contribution in [0, 0.1) is 18.3 Å². The van der Waals surface area contributed by atoms with E-state index >= 15 is 0 Å². The van der Waals surface area contributed by atoms with Gasteiger partial charge in [0.2, 0.25) is 5.91 Å². The summed E-state index contributed by atoms with van der Waals surface area (Å²) in [6, 6.07) is 9.03. The maximum absolute atomic E-state index is 12.1. The topological polar surface area (TPSA) is 99.2 Å². The number of benzene rings is 1. The SMILES string of the molecule is CC(=O)N(/C=C(/C#N)C(=O)Nc1ccccc1C)CCN. The molecule has 0 aliphatic rings. The minimum atomic E-state index is -0.560. The van der Waals surface area contributed by atoms with Gasteiger partial charge >= 0.3 is 0 Å². The highest BCUT2D eigenvalue weighted by Crippen LogP contribution is 2.14. The largest absolute Gasteiger partial charge is 0.329 e. The summed E-state index contributed by atoms with van der Waals surface area (Å²) in [7, 11) is 0. The van der Waals surface area contributed by atoms with E-state index in [0.717, 1.165) is 5.56 Å². The van der Waals surface area contributed by atoms with Gasteiger partial charge in [-0.1, -0.05) is 18.2 Å². The first-order chi connectivity index (χ1) is 9.99. The minimum Gasteiger partial charge on any atom is -0.329 e. The lowest BCUT2D eigenvalue weighted by molar-refractivity contribution is -0.126. The average molecular weight is 286 g/mol. The van der Waals surface area contributed by atoms with Crippen molar-refractivity contribution in [3.05, 3.63) is 41.6 Å². The third-order valence-electron chi connectivity index (χ3n) is 2.82. The number of carbonyl (C=O) groups is 2. The molecular formula is C15H18N4O2. The quantitative estimate of drug-likeness (QED) is 0.626. The molecule has 0 atom stereocenters. The molecule has 3 N–H and O–H groups in total. The maximum atomic E-state index is 12.1. The van der Waals surface area contributed by atoms with Crippen LogP contribution < -0.4 is 11.1 Å². The first kappa shape index (κ1) is 16.4. The van der Waals surface area contributed by atoms with Crippen LogP contribution in [0.2, 0.25) is 0 Å². The number of aryl methyl sites for hydroxylation is 1. The second-order valence-corrected chi connectivity index (χ2v) is 4.42. The molecule has 0 heterocycles. The van der Waals surface area contributed by atoms with Crippen LogP contribution in [-0.2, 0) is 9.59 Å². The van der Waals surface area contributed by atoms with Crippen molar-refractivity contribution in [2.24, 2.45) is 5.73 Å². The van der Waals surface area contributed by atoms with E-state index < -0.39 is 5.91 Å². The smallest absolute Gasteiger partial charge is 0.267 e. The van der Waals surface area contributed by atoms with Gasteiger partial charge in [0.25, 0.3) is 5.91 Å². The van der Waals surface area contributed by atoms with Gasteiger partial charge in [0, 0.05) is 31.9 Å². The molecule has 0 aliphatic carbocycles. The van der Waals surface area contributed by atoms with E-state index in [4.69, 9.17) is 11.0 Å². The number of nitrogens with one attached hydrogen (secondary N) is 1. The number of rotatable bonds is 5. The van der Waals surface area contributed by atoms with E-state index in [1.807, 2.05) is 19.1 Å². The summed E-state index contributed by atoms with van der Waals surface area (Å²) in [5.74, 6) is -0.841. The summed E-state index contributed by atoms with van der Waals surface area (Å²) in [6.45, 7) is 3.69. The molecule has 6 nitrogen and oxygen atoms in total. The van der Waals surface area contributed by atoms with Crippen LogP contribution in [0.15, 0.2) is 36.0 Å². The van der Waals surface area contributed by atoms with Crippen molar-refractivity contribution in [1.82, 2.24) is 4.90 Å². The molecule has 6 heteroatoms. The Bertz CT molecular complexity index is 602. The van der Waals surface area contributed by atoms with Crippen LogP contribution in [0.3, 0.4) is 0 Å². The van der Waals surface area contributed by atoms with E-state index in [0.29, 0.717) is 5.69 Å². The minimum absolute atomic E-state index is 0.151. The Morgan fingerprint density at radius 1 is 1.43 bits per heavy atom. The molecule has 0 unspecified atom stereocenters. The van der Waals surface area contributed by atoms with Crippen molar-refractivity contribution < 1.29 is 9.59 Å². The van der Waals surface area contributed by atoms with Crippen molar-refractivity contribution in [3.8, 4) is 6.07 Å². The van der Waals surface area contributed by atoms with Crippen LogP contribution in [-0.4, -0.2) is 29.8 Å². The van der Waals surface area contributed by atoms with Gasteiger partial charge < -0.3 is 16.0 Å². The van der Waals surface area contributed by atoms with E-state index in [1.54, 1.807) is 18.2 Å². The monoisotopic (exact) mass is 286 g/mol. The molecule has 21 heavy (non-hydrogen) atoms. The van der Waals surface area contributed by atoms with Crippen LogP contribution in [0.25, 0.3) is 0 Å². The van der Waals surface area contributed by atoms with Crippen molar-refractivity contribution in [1.29, 1.82) is 5.26 Å². The number of nitriles is 1. The Labute approximate surface area is 123 Å². The van der Waals surface area contributed by atoms with Crippen molar-refractivity contribution >= 4 is 17.5 Å². The van der Waals surface area contributed by atoms with Gasteiger partial charge in [0.15, 0.2) is 0 Å². The molecule has 0 bridgehead atoms. The highest BCUT2D eigenvalue weighted by Gasteiger charge is 2.14. The number of amides is 2. The zero-order chi connectivity index (χ0) is 15.8. The first-order valence-electron chi connectivity index (χ1n) is 6.45. The fourth-order valence-corrected chi connectivity index (χ4v) is 1.65. The molecule has 0 spiro atoms. The molecule has 0 saturated carbocycles. The van der Waals surface area contributed by atoms with Crippen molar-refractivity contribution in [2.75, 3.05) is 18.4 Å². The summed E-state index contributed by atoms with van der Waals surface area (Å²) in [5, 5.41) is 11.7. The van der Waals surface area contributed by atoms with Crippen molar-refractivity contribution in [2.45, 2.75) is 13.8 Å². The second kappa shape index (κ2) is 7.82. The summed E-state index contributed by atoms with van der Waals surface area (Å²) < 4.78 is 0. The van der Waals surface area contributed by atoms with Gasteiger partial charge in [0.05, 0.1) is 0 Å². The fourth-order valence-electron chi connectivity index (χ4n) is 1.65. The predicted molar refractivity (Wildman–Crippen MR) is 79.9 cm³/mol. The molecular weight excluding hydrogens is 268 g/mol. The maximum Gasteiger partial charge on any atom is 0.267 e. The number of hydrogen-bond donors (Lipinski definition) is 2. The Kier molecular flexibility index (Phi) is 6.11. The number of hydrogen-bond acceptors (Lipinski definition) is 4. The normalized spacial score (nSPS) is 10.7. The molecule has 0 aliphatic heterocycles. The third-order valence-corrected chi connectivity index (χ3v) is 2.82. The Morgan fingerprint density at radius 3 is 2.62 bits per heavy atom. The van der Waals surface area contributed by atoms with Gasteiger partial charge in [-0.3, -0.25) is 9.59 Å². The Balaban J connectivity index is 2.94. The lowest BCUT2D eigenvalue weighted by atomic mass is 10.2. The molecule has 2 amide bonds. The van der Waals surface area contributed by atoms with Gasteiger partial charge in [-0.25, -0.2) is 0 Å². The highest BCUT2D eigenvalue weighted by molar-refractivity contribution is 6.07.